The second-order valence-electron chi connectivity index (χ2n) is 4.65. The van der Waals surface area contributed by atoms with Crippen LogP contribution in [0.4, 0.5) is 4.39 Å². The highest BCUT2D eigenvalue weighted by molar-refractivity contribution is 9.10. The third-order valence-electron chi connectivity index (χ3n) is 3.34. The summed E-state index contributed by atoms with van der Waals surface area (Å²) in [5.74, 6) is -0.570. The summed E-state index contributed by atoms with van der Waals surface area (Å²) in [6, 6.07) is 10.2. The summed E-state index contributed by atoms with van der Waals surface area (Å²) in [6.45, 7) is 1.87. The van der Waals surface area contributed by atoms with Gasteiger partial charge in [0.05, 0.1) is 5.56 Å². The molecule has 0 bridgehead atoms. The average Bonchev–Trinajstić information content (AvgIpc) is 2.86. The van der Waals surface area contributed by atoms with E-state index in [1.54, 1.807) is 24.4 Å². The number of ketones is 1. The van der Waals surface area contributed by atoms with E-state index in [2.05, 4.69) is 20.9 Å². The van der Waals surface area contributed by atoms with Crippen LogP contribution in [0.1, 0.15) is 21.5 Å². The first-order valence-corrected chi connectivity index (χ1v) is 6.93. The lowest BCUT2D eigenvalue weighted by Crippen LogP contribution is -2.03. The predicted octanol–water partition coefficient (Wildman–Crippen LogP) is 4.61. The Kier molecular flexibility index (Phi) is 3.18. The van der Waals surface area contributed by atoms with Gasteiger partial charge in [0, 0.05) is 27.1 Å². The quantitative estimate of drug-likeness (QED) is 0.683. The van der Waals surface area contributed by atoms with Crippen molar-refractivity contribution in [2.75, 3.05) is 0 Å². The van der Waals surface area contributed by atoms with Crippen LogP contribution < -0.4 is 0 Å². The number of hydrogen-bond donors (Lipinski definition) is 1. The van der Waals surface area contributed by atoms with Crippen LogP contribution in [0.25, 0.3) is 10.9 Å². The monoisotopic (exact) mass is 331 g/mol. The average molecular weight is 332 g/mol. The first-order valence-electron chi connectivity index (χ1n) is 6.14. The molecule has 2 nitrogen and oxygen atoms in total. The van der Waals surface area contributed by atoms with Crippen molar-refractivity contribution in [2.45, 2.75) is 6.92 Å². The Labute approximate surface area is 123 Å². The van der Waals surface area contributed by atoms with Crippen LogP contribution in [0.5, 0.6) is 0 Å². The molecule has 0 fully saturated rings. The van der Waals surface area contributed by atoms with Gasteiger partial charge in [-0.05, 0) is 36.8 Å². The largest absolute Gasteiger partial charge is 0.360 e. The van der Waals surface area contributed by atoms with Gasteiger partial charge >= 0.3 is 0 Å². The Balaban J connectivity index is 2.21. The summed E-state index contributed by atoms with van der Waals surface area (Å²) in [7, 11) is 0. The van der Waals surface area contributed by atoms with E-state index >= 15 is 0 Å². The van der Waals surface area contributed by atoms with Crippen molar-refractivity contribution >= 4 is 32.6 Å². The van der Waals surface area contributed by atoms with Gasteiger partial charge in [0.1, 0.15) is 5.82 Å². The third-order valence-corrected chi connectivity index (χ3v) is 3.84. The second-order valence-corrected chi connectivity index (χ2v) is 5.57. The minimum Gasteiger partial charge on any atom is -0.360 e. The Bertz CT molecular complexity index is 822. The second kappa shape index (κ2) is 4.87. The molecule has 0 aliphatic heterocycles. The van der Waals surface area contributed by atoms with E-state index in [4.69, 9.17) is 0 Å². The lowest BCUT2D eigenvalue weighted by atomic mass is 9.99. The van der Waals surface area contributed by atoms with Gasteiger partial charge in [-0.15, -0.1) is 0 Å². The lowest BCUT2D eigenvalue weighted by Gasteiger charge is -2.05. The van der Waals surface area contributed by atoms with Crippen LogP contribution in [-0.4, -0.2) is 10.8 Å². The van der Waals surface area contributed by atoms with Crippen molar-refractivity contribution in [3.63, 3.8) is 0 Å². The van der Waals surface area contributed by atoms with Gasteiger partial charge in [-0.3, -0.25) is 4.79 Å². The van der Waals surface area contributed by atoms with Crippen molar-refractivity contribution < 1.29 is 9.18 Å². The highest BCUT2D eigenvalue weighted by Gasteiger charge is 2.18. The SMILES string of the molecule is Cc1ccc(Br)cc1C(=O)c1c[nH]c2cccc(F)c12. The molecular weight excluding hydrogens is 321 g/mol. The fourth-order valence-electron chi connectivity index (χ4n) is 2.30. The van der Waals surface area contributed by atoms with Gasteiger partial charge in [-0.2, -0.15) is 0 Å². The number of fused-ring (bicyclic) bond motifs is 1. The molecule has 1 heterocycles. The third kappa shape index (κ3) is 2.06. The van der Waals surface area contributed by atoms with Crippen molar-refractivity contribution in [1.82, 2.24) is 4.98 Å². The summed E-state index contributed by atoms with van der Waals surface area (Å²) in [5, 5.41) is 0.344. The smallest absolute Gasteiger partial charge is 0.195 e. The summed E-state index contributed by atoms with van der Waals surface area (Å²) in [5.41, 5.74) is 2.42. The van der Waals surface area contributed by atoms with E-state index in [9.17, 15) is 9.18 Å². The molecule has 4 heteroatoms. The maximum atomic E-state index is 14.0. The Hall–Kier alpha value is -1.94. The molecule has 1 N–H and O–H groups in total. The maximum Gasteiger partial charge on any atom is 0.195 e. The van der Waals surface area contributed by atoms with Crippen LogP contribution in [0.2, 0.25) is 0 Å². The van der Waals surface area contributed by atoms with Gasteiger partial charge in [0.15, 0.2) is 5.78 Å². The number of carbonyl (C=O) groups is 1. The number of rotatable bonds is 2. The van der Waals surface area contributed by atoms with Crippen molar-refractivity contribution in [3.8, 4) is 0 Å². The lowest BCUT2D eigenvalue weighted by molar-refractivity contribution is 0.103. The van der Waals surface area contributed by atoms with Crippen LogP contribution >= 0.6 is 15.9 Å². The number of benzene rings is 2. The number of nitrogens with one attached hydrogen (secondary N) is 1. The van der Waals surface area contributed by atoms with E-state index < -0.39 is 0 Å². The van der Waals surface area contributed by atoms with Crippen LogP contribution in [-0.2, 0) is 0 Å². The normalized spacial score (nSPS) is 10.9. The van der Waals surface area contributed by atoms with Crippen LogP contribution in [0.3, 0.4) is 0 Å². The molecule has 0 aliphatic rings. The molecule has 0 radical (unpaired) electrons. The molecule has 0 aliphatic carbocycles. The minimum atomic E-state index is -0.389. The highest BCUT2D eigenvalue weighted by atomic mass is 79.9. The molecule has 0 unspecified atom stereocenters. The predicted molar refractivity (Wildman–Crippen MR) is 80.6 cm³/mol. The number of carbonyl (C=O) groups excluding carboxylic acids is 1. The fourth-order valence-corrected chi connectivity index (χ4v) is 2.66. The molecule has 0 saturated carbocycles. The van der Waals surface area contributed by atoms with E-state index in [0.29, 0.717) is 22.0 Å². The van der Waals surface area contributed by atoms with Crippen LogP contribution in [0, 0.1) is 12.7 Å². The number of aromatic amines is 1. The number of H-pyrrole nitrogens is 1. The van der Waals surface area contributed by atoms with Gasteiger partial charge < -0.3 is 4.98 Å². The topological polar surface area (TPSA) is 32.9 Å². The van der Waals surface area contributed by atoms with Gasteiger partial charge in [-0.1, -0.05) is 28.1 Å². The van der Waals surface area contributed by atoms with E-state index in [1.165, 1.54) is 6.07 Å². The van der Waals surface area contributed by atoms with Crippen molar-refractivity contribution in [3.05, 3.63) is 69.6 Å². The molecule has 0 spiro atoms. The van der Waals surface area contributed by atoms with E-state index in [-0.39, 0.29) is 11.6 Å². The summed E-state index contributed by atoms with van der Waals surface area (Å²) in [4.78, 5) is 15.6. The van der Waals surface area contributed by atoms with Crippen LogP contribution in [0.15, 0.2) is 47.1 Å². The van der Waals surface area contributed by atoms with E-state index in [1.807, 2.05) is 19.1 Å². The summed E-state index contributed by atoms with van der Waals surface area (Å²) >= 11 is 3.36. The molecule has 0 amide bonds. The molecule has 1 aromatic heterocycles. The number of halogens is 2. The Morgan fingerprint density at radius 1 is 1.20 bits per heavy atom. The van der Waals surface area contributed by atoms with Gasteiger partial charge in [-0.25, -0.2) is 4.39 Å². The molecular formula is C16H11BrFNO. The van der Waals surface area contributed by atoms with Gasteiger partial charge in [0.2, 0.25) is 0 Å². The number of aryl methyl sites for hydroxylation is 1. The Morgan fingerprint density at radius 2 is 2.00 bits per heavy atom. The standard InChI is InChI=1S/C16H11BrFNO/c1-9-5-6-10(17)7-11(9)16(20)12-8-19-14-4-2-3-13(18)15(12)14/h2-8,19H,1H3. The van der Waals surface area contributed by atoms with Gasteiger partial charge in [0.25, 0.3) is 0 Å². The van der Waals surface area contributed by atoms with E-state index in [0.717, 1.165) is 10.0 Å². The minimum absolute atomic E-state index is 0.180. The highest BCUT2D eigenvalue weighted by Crippen LogP contribution is 2.26. The first kappa shape index (κ1) is 13.1. The first-order chi connectivity index (χ1) is 9.58. The van der Waals surface area contributed by atoms with Crippen molar-refractivity contribution in [1.29, 1.82) is 0 Å². The zero-order chi connectivity index (χ0) is 14.3. The zero-order valence-electron chi connectivity index (χ0n) is 10.7. The Morgan fingerprint density at radius 3 is 2.80 bits per heavy atom. The summed E-state index contributed by atoms with van der Waals surface area (Å²) < 4.78 is 14.8. The maximum absolute atomic E-state index is 14.0. The molecule has 100 valence electrons. The number of aromatic nitrogens is 1. The summed E-state index contributed by atoms with van der Waals surface area (Å²) in [6.07, 6.45) is 1.57. The van der Waals surface area contributed by atoms with Crippen molar-refractivity contribution in [2.24, 2.45) is 0 Å². The number of hydrogen-bond acceptors (Lipinski definition) is 1. The zero-order valence-corrected chi connectivity index (χ0v) is 12.3. The molecule has 0 saturated heterocycles. The molecule has 0 atom stereocenters. The molecule has 3 rings (SSSR count). The molecule has 20 heavy (non-hydrogen) atoms. The molecule has 2 aromatic carbocycles. The fraction of sp³-hybridized carbons (Fsp3) is 0.0625. The molecule has 3 aromatic rings.